The molecule has 0 aliphatic rings. The molecule has 0 aliphatic carbocycles. The number of hydrogen-bond donors (Lipinski definition) is 1. The summed E-state index contributed by atoms with van der Waals surface area (Å²) in [6, 6.07) is 23.9. The van der Waals surface area contributed by atoms with Gasteiger partial charge in [-0.3, -0.25) is 9.59 Å². The van der Waals surface area contributed by atoms with Crippen molar-refractivity contribution < 1.29 is 14.3 Å². The quantitative estimate of drug-likeness (QED) is 0.394. The maximum Gasteiger partial charge on any atom is 0.251 e. The third-order valence-corrected chi connectivity index (χ3v) is 5.86. The van der Waals surface area contributed by atoms with Crippen LogP contribution in [0.4, 0.5) is 5.69 Å². The van der Waals surface area contributed by atoms with Gasteiger partial charge in [0.15, 0.2) is 0 Å². The van der Waals surface area contributed by atoms with E-state index >= 15 is 0 Å². The number of anilines is 1. The number of rotatable bonds is 8. The van der Waals surface area contributed by atoms with Gasteiger partial charge in [0.05, 0.1) is 24.2 Å². The Kier molecular flexibility index (Phi) is 7.15. The molecule has 3 aromatic carbocycles. The number of methoxy groups -OCH3 is 1. The first-order valence-electron chi connectivity index (χ1n) is 11.7. The molecule has 0 radical (unpaired) electrons. The Balaban J connectivity index is 1.65. The summed E-state index contributed by atoms with van der Waals surface area (Å²) in [4.78, 5) is 33.1. The smallest absolute Gasteiger partial charge is 0.251 e. The summed E-state index contributed by atoms with van der Waals surface area (Å²) in [5.74, 6) is 0.932. The summed E-state index contributed by atoms with van der Waals surface area (Å²) in [5, 5.41) is 3.02. The molecule has 4 aromatic rings. The zero-order valence-electron chi connectivity index (χ0n) is 20.4. The Labute approximate surface area is 205 Å². The molecule has 7 heteroatoms. The van der Waals surface area contributed by atoms with Crippen molar-refractivity contribution in [2.45, 2.75) is 39.4 Å². The Hall–Kier alpha value is -4.13. The predicted molar refractivity (Wildman–Crippen MR) is 138 cm³/mol. The van der Waals surface area contributed by atoms with Crippen LogP contribution in [0.5, 0.6) is 5.75 Å². The van der Waals surface area contributed by atoms with Crippen LogP contribution in [0.1, 0.15) is 43.0 Å². The van der Waals surface area contributed by atoms with Crippen molar-refractivity contribution in [3.8, 4) is 5.75 Å². The fraction of sp³-hybridized carbons (Fsp3) is 0.250. The lowest BCUT2D eigenvalue weighted by Crippen LogP contribution is -2.40. The largest absolute Gasteiger partial charge is 0.497 e. The minimum Gasteiger partial charge on any atom is -0.497 e. The van der Waals surface area contributed by atoms with E-state index in [9.17, 15) is 9.59 Å². The highest BCUT2D eigenvalue weighted by Gasteiger charge is 2.24. The molecule has 0 saturated heterocycles. The minimum absolute atomic E-state index is 0.0201. The third kappa shape index (κ3) is 5.19. The van der Waals surface area contributed by atoms with Crippen LogP contribution in [-0.2, 0) is 11.3 Å². The topological polar surface area (TPSA) is 76.5 Å². The molecule has 0 aliphatic heterocycles. The number of aromatic nitrogens is 2. The first-order valence-corrected chi connectivity index (χ1v) is 11.7. The maximum atomic E-state index is 13.6. The molecular formula is C28H30N4O3. The molecule has 0 saturated carbocycles. The van der Waals surface area contributed by atoms with E-state index in [1.54, 1.807) is 36.3 Å². The first-order chi connectivity index (χ1) is 16.9. The van der Waals surface area contributed by atoms with Crippen LogP contribution in [0.15, 0.2) is 78.9 Å². The summed E-state index contributed by atoms with van der Waals surface area (Å²) in [6.07, 6.45) is 0. The van der Waals surface area contributed by atoms with Crippen molar-refractivity contribution in [1.82, 2.24) is 14.9 Å². The Morgan fingerprint density at radius 2 is 1.69 bits per heavy atom. The summed E-state index contributed by atoms with van der Waals surface area (Å²) in [6.45, 7) is 5.96. The summed E-state index contributed by atoms with van der Waals surface area (Å²) in [7, 11) is 1.56. The standard InChI is InChI=1S/C28H30N4O3/c1-19(2)32(22-12-6-5-7-13-22)26(33)18-31-25-16-9-8-15-24(25)30-27(31)20(3)29-28(34)21-11-10-14-23(17-21)35-4/h5-17,19-20H,18H2,1-4H3,(H,29,34). The van der Waals surface area contributed by atoms with E-state index < -0.39 is 6.04 Å². The highest BCUT2D eigenvalue weighted by molar-refractivity contribution is 5.95. The molecule has 35 heavy (non-hydrogen) atoms. The van der Waals surface area contributed by atoms with Gasteiger partial charge < -0.3 is 19.5 Å². The Morgan fingerprint density at radius 1 is 0.971 bits per heavy atom. The molecule has 1 heterocycles. The van der Waals surface area contributed by atoms with E-state index in [1.165, 1.54) is 0 Å². The third-order valence-electron chi connectivity index (χ3n) is 5.86. The average molecular weight is 471 g/mol. The minimum atomic E-state index is -0.432. The first kappa shape index (κ1) is 24.0. The normalized spacial score (nSPS) is 11.9. The predicted octanol–water partition coefficient (Wildman–Crippen LogP) is 4.98. The van der Waals surface area contributed by atoms with Gasteiger partial charge in [-0.05, 0) is 63.2 Å². The fourth-order valence-electron chi connectivity index (χ4n) is 4.23. The Bertz CT molecular complexity index is 1330. The van der Waals surface area contributed by atoms with Crippen LogP contribution in [0.25, 0.3) is 11.0 Å². The number of benzene rings is 3. The van der Waals surface area contributed by atoms with Crippen LogP contribution >= 0.6 is 0 Å². The molecule has 7 nitrogen and oxygen atoms in total. The van der Waals surface area contributed by atoms with Crippen molar-refractivity contribution in [1.29, 1.82) is 0 Å². The number of imidazole rings is 1. The van der Waals surface area contributed by atoms with Crippen LogP contribution in [-0.4, -0.2) is 34.5 Å². The molecule has 1 aromatic heterocycles. The molecule has 0 bridgehead atoms. The molecular weight excluding hydrogens is 440 g/mol. The molecule has 0 fully saturated rings. The van der Waals surface area contributed by atoms with Crippen molar-refractivity contribution >= 4 is 28.5 Å². The van der Waals surface area contributed by atoms with E-state index in [2.05, 4.69) is 5.32 Å². The fourth-order valence-corrected chi connectivity index (χ4v) is 4.23. The average Bonchev–Trinajstić information content (AvgIpc) is 3.23. The van der Waals surface area contributed by atoms with Gasteiger partial charge in [0.2, 0.25) is 5.91 Å². The monoisotopic (exact) mass is 470 g/mol. The second-order valence-corrected chi connectivity index (χ2v) is 8.67. The van der Waals surface area contributed by atoms with E-state index in [4.69, 9.17) is 9.72 Å². The molecule has 4 rings (SSSR count). The van der Waals surface area contributed by atoms with Crippen molar-refractivity contribution in [3.05, 3.63) is 90.3 Å². The van der Waals surface area contributed by atoms with E-state index in [-0.39, 0.29) is 24.4 Å². The highest BCUT2D eigenvalue weighted by Crippen LogP contribution is 2.24. The van der Waals surface area contributed by atoms with Gasteiger partial charge >= 0.3 is 0 Å². The number of hydrogen-bond acceptors (Lipinski definition) is 4. The molecule has 0 spiro atoms. The lowest BCUT2D eigenvalue weighted by molar-refractivity contribution is -0.119. The molecule has 180 valence electrons. The van der Waals surface area contributed by atoms with Crippen molar-refractivity contribution in [2.24, 2.45) is 0 Å². The Morgan fingerprint density at radius 3 is 2.40 bits per heavy atom. The van der Waals surface area contributed by atoms with Gasteiger partial charge in [-0.15, -0.1) is 0 Å². The van der Waals surface area contributed by atoms with Crippen LogP contribution in [0.2, 0.25) is 0 Å². The summed E-state index contributed by atoms with van der Waals surface area (Å²) >= 11 is 0. The number of fused-ring (bicyclic) bond motifs is 1. The molecule has 1 unspecified atom stereocenters. The lowest BCUT2D eigenvalue weighted by Gasteiger charge is -2.28. The van der Waals surface area contributed by atoms with Crippen LogP contribution in [0, 0.1) is 0 Å². The lowest BCUT2D eigenvalue weighted by atomic mass is 10.2. The summed E-state index contributed by atoms with van der Waals surface area (Å²) < 4.78 is 7.13. The molecule has 1 atom stereocenters. The highest BCUT2D eigenvalue weighted by atomic mass is 16.5. The van der Waals surface area contributed by atoms with Gasteiger partial charge in [0, 0.05) is 17.3 Å². The second kappa shape index (κ2) is 10.4. The van der Waals surface area contributed by atoms with Gasteiger partial charge in [0.25, 0.3) is 5.91 Å². The van der Waals surface area contributed by atoms with E-state index in [0.29, 0.717) is 17.1 Å². The van der Waals surface area contributed by atoms with Crippen molar-refractivity contribution in [3.63, 3.8) is 0 Å². The van der Waals surface area contributed by atoms with Gasteiger partial charge in [-0.25, -0.2) is 4.98 Å². The maximum absolute atomic E-state index is 13.6. The van der Waals surface area contributed by atoms with Gasteiger partial charge in [0.1, 0.15) is 18.1 Å². The van der Waals surface area contributed by atoms with Crippen molar-refractivity contribution in [2.75, 3.05) is 12.0 Å². The number of nitrogens with zero attached hydrogens (tertiary/aromatic N) is 3. The number of nitrogens with one attached hydrogen (secondary N) is 1. The van der Waals surface area contributed by atoms with E-state index in [0.717, 1.165) is 16.7 Å². The number of ether oxygens (including phenoxy) is 1. The van der Waals surface area contributed by atoms with Gasteiger partial charge in [-0.2, -0.15) is 0 Å². The zero-order chi connectivity index (χ0) is 24.9. The second-order valence-electron chi connectivity index (χ2n) is 8.67. The molecule has 2 amide bonds. The number of carbonyl (C=O) groups is 2. The number of para-hydroxylation sites is 3. The number of carbonyl (C=O) groups excluding carboxylic acids is 2. The van der Waals surface area contributed by atoms with Crippen LogP contribution in [0.3, 0.4) is 0 Å². The molecule has 1 N–H and O–H groups in total. The number of amides is 2. The summed E-state index contributed by atoms with van der Waals surface area (Å²) in [5.41, 5.74) is 2.95. The van der Waals surface area contributed by atoms with E-state index in [1.807, 2.05) is 79.9 Å². The zero-order valence-corrected chi connectivity index (χ0v) is 20.4. The SMILES string of the molecule is COc1cccc(C(=O)NC(C)c2nc3ccccc3n2CC(=O)N(c2ccccc2)C(C)C)c1. The van der Waals surface area contributed by atoms with Gasteiger partial charge in [-0.1, -0.05) is 36.4 Å². The van der Waals surface area contributed by atoms with Crippen LogP contribution < -0.4 is 15.0 Å².